The molecule has 0 spiro atoms. The van der Waals surface area contributed by atoms with Crippen molar-refractivity contribution in [1.29, 1.82) is 0 Å². The van der Waals surface area contributed by atoms with E-state index in [1.807, 2.05) is 0 Å². The molecule has 0 atom stereocenters. The third-order valence-corrected chi connectivity index (χ3v) is 2.61. The van der Waals surface area contributed by atoms with Gasteiger partial charge in [0.25, 0.3) is 0 Å². The summed E-state index contributed by atoms with van der Waals surface area (Å²) in [5, 5.41) is 8.41. The average Bonchev–Trinajstić information content (AvgIpc) is 2.14. The molecule has 0 aliphatic rings. The Kier molecular flexibility index (Phi) is 7.42. The molecular weight excluding hydrogens is 208 g/mol. The van der Waals surface area contributed by atoms with Crippen LogP contribution in [0, 0.1) is 5.92 Å². The van der Waals surface area contributed by atoms with Crippen molar-refractivity contribution < 1.29 is 19.5 Å². The highest BCUT2D eigenvalue weighted by Gasteiger charge is 2.18. The molecule has 0 heterocycles. The molecule has 92 valence electrons. The van der Waals surface area contributed by atoms with E-state index in [0.717, 1.165) is 19.3 Å². The van der Waals surface area contributed by atoms with E-state index in [-0.39, 0.29) is 18.0 Å². The molecule has 0 saturated heterocycles. The Morgan fingerprint density at radius 3 is 1.88 bits per heavy atom. The normalized spacial score (nSPS) is 10.4. The molecule has 0 aromatic rings. The van der Waals surface area contributed by atoms with Crippen molar-refractivity contribution >= 4 is 17.5 Å². The van der Waals surface area contributed by atoms with Crippen molar-refractivity contribution in [3.63, 3.8) is 0 Å². The molecule has 4 heteroatoms. The summed E-state index contributed by atoms with van der Waals surface area (Å²) in [5.41, 5.74) is 0. The van der Waals surface area contributed by atoms with Gasteiger partial charge >= 0.3 is 5.97 Å². The quantitative estimate of drug-likeness (QED) is 0.485. The summed E-state index contributed by atoms with van der Waals surface area (Å²) in [6.45, 7) is 2.88. The minimum Gasteiger partial charge on any atom is -0.481 e. The number of carbonyl (C=O) groups excluding carboxylic acids is 2. The van der Waals surface area contributed by atoms with Crippen LogP contribution in [0.4, 0.5) is 0 Å². The van der Waals surface area contributed by atoms with Crippen molar-refractivity contribution in [2.24, 2.45) is 5.92 Å². The number of carboxylic acid groups (broad SMARTS) is 1. The third kappa shape index (κ3) is 7.15. The van der Waals surface area contributed by atoms with Gasteiger partial charge in [-0.1, -0.05) is 19.3 Å². The highest BCUT2D eigenvalue weighted by Crippen LogP contribution is 2.13. The van der Waals surface area contributed by atoms with Crippen molar-refractivity contribution in [3.8, 4) is 0 Å². The first-order chi connectivity index (χ1) is 7.45. The number of ketones is 2. The molecule has 0 aromatic carbocycles. The Morgan fingerprint density at radius 1 is 0.938 bits per heavy atom. The summed E-state index contributed by atoms with van der Waals surface area (Å²) >= 11 is 0. The molecular formula is C12H20O4. The van der Waals surface area contributed by atoms with E-state index >= 15 is 0 Å². The summed E-state index contributed by atoms with van der Waals surface area (Å²) < 4.78 is 0. The number of carbonyl (C=O) groups is 3. The van der Waals surface area contributed by atoms with Crippen LogP contribution in [0.1, 0.15) is 52.4 Å². The molecule has 0 unspecified atom stereocenters. The fraction of sp³-hybridized carbons (Fsp3) is 0.750. The zero-order valence-electron chi connectivity index (χ0n) is 9.99. The zero-order chi connectivity index (χ0) is 12.6. The zero-order valence-corrected chi connectivity index (χ0v) is 9.99. The van der Waals surface area contributed by atoms with E-state index in [9.17, 15) is 14.4 Å². The molecule has 0 bridgehead atoms. The molecule has 16 heavy (non-hydrogen) atoms. The minimum absolute atomic E-state index is 0.0713. The van der Waals surface area contributed by atoms with Gasteiger partial charge in [-0.25, -0.2) is 0 Å². The van der Waals surface area contributed by atoms with E-state index in [0.29, 0.717) is 12.8 Å². The van der Waals surface area contributed by atoms with Gasteiger partial charge < -0.3 is 5.11 Å². The van der Waals surface area contributed by atoms with Crippen LogP contribution in [-0.2, 0) is 14.4 Å². The number of hydrogen-bond donors (Lipinski definition) is 1. The van der Waals surface area contributed by atoms with E-state index in [1.165, 1.54) is 13.8 Å². The first-order valence-electron chi connectivity index (χ1n) is 5.68. The Morgan fingerprint density at radius 2 is 1.44 bits per heavy atom. The summed E-state index contributed by atoms with van der Waals surface area (Å²) in [5.74, 6) is -1.37. The minimum atomic E-state index is -0.773. The average molecular weight is 228 g/mol. The smallest absolute Gasteiger partial charge is 0.303 e. The van der Waals surface area contributed by atoms with Crippen molar-refractivity contribution in [2.45, 2.75) is 52.4 Å². The lowest BCUT2D eigenvalue weighted by Crippen LogP contribution is -2.19. The predicted octanol–water partition coefficient (Wildman–Crippen LogP) is 2.21. The van der Waals surface area contributed by atoms with Gasteiger partial charge in [-0.15, -0.1) is 0 Å². The third-order valence-electron chi connectivity index (χ3n) is 2.61. The fourth-order valence-electron chi connectivity index (χ4n) is 1.67. The van der Waals surface area contributed by atoms with Crippen LogP contribution < -0.4 is 0 Å². The Bertz CT molecular complexity index is 244. The van der Waals surface area contributed by atoms with Crippen LogP contribution in [0.25, 0.3) is 0 Å². The van der Waals surface area contributed by atoms with Gasteiger partial charge in [0.1, 0.15) is 11.6 Å². The molecule has 0 rings (SSSR count). The number of carboxylic acids is 1. The fourth-order valence-corrected chi connectivity index (χ4v) is 1.67. The van der Waals surface area contributed by atoms with Crippen molar-refractivity contribution in [1.82, 2.24) is 0 Å². The molecule has 0 saturated carbocycles. The summed E-state index contributed by atoms with van der Waals surface area (Å²) in [6.07, 6.45) is 3.99. The van der Waals surface area contributed by atoms with Crippen LogP contribution in [0.3, 0.4) is 0 Å². The molecule has 0 aromatic heterocycles. The SMILES string of the molecule is CC(=O)C(CCCCCCC(=O)O)C(C)=O. The Balaban J connectivity index is 3.60. The summed E-state index contributed by atoms with van der Waals surface area (Å²) in [7, 11) is 0. The lowest BCUT2D eigenvalue weighted by atomic mass is 9.94. The molecule has 1 N–H and O–H groups in total. The highest BCUT2D eigenvalue weighted by molar-refractivity contribution is 6.00. The molecule has 4 nitrogen and oxygen atoms in total. The maximum atomic E-state index is 11.1. The maximum Gasteiger partial charge on any atom is 0.303 e. The van der Waals surface area contributed by atoms with E-state index in [4.69, 9.17) is 5.11 Å². The second-order valence-corrected chi connectivity index (χ2v) is 4.12. The van der Waals surface area contributed by atoms with Gasteiger partial charge in [0.05, 0.1) is 5.92 Å². The van der Waals surface area contributed by atoms with Crippen LogP contribution in [0.2, 0.25) is 0 Å². The van der Waals surface area contributed by atoms with Crippen LogP contribution in [-0.4, -0.2) is 22.6 Å². The first-order valence-corrected chi connectivity index (χ1v) is 5.68. The van der Waals surface area contributed by atoms with Gasteiger partial charge in [0.2, 0.25) is 0 Å². The number of aliphatic carboxylic acids is 1. The molecule has 0 fully saturated rings. The van der Waals surface area contributed by atoms with Gasteiger partial charge in [-0.05, 0) is 26.7 Å². The second-order valence-electron chi connectivity index (χ2n) is 4.12. The number of hydrogen-bond acceptors (Lipinski definition) is 3. The van der Waals surface area contributed by atoms with E-state index in [1.54, 1.807) is 0 Å². The van der Waals surface area contributed by atoms with Crippen molar-refractivity contribution in [3.05, 3.63) is 0 Å². The summed E-state index contributed by atoms with van der Waals surface area (Å²) in [6, 6.07) is 0. The van der Waals surface area contributed by atoms with Crippen LogP contribution in [0.15, 0.2) is 0 Å². The Labute approximate surface area is 96.0 Å². The second kappa shape index (κ2) is 8.02. The van der Waals surface area contributed by atoms with Crippen LogP contribution in [0.5, 0.6) is 0 Å². The maximum absolute atomic E-state index is 11.1. The number of rotatable bonds is 9. The lowest BCUT2D eigenvalue weighted by Gasteiger charge is -2.09. The topological polar surface area (TPSA) is 71.4 Å². The molecule has 0 radical (unpaired) electrons. The summed E-state index contributed by atoms with van der Waals surface area (Å²) in [4.78, 5) is 32.4. The highest BCUT2D eigenvalue weighted by atomic mass is 16.4. The van der Waals surface area contributed by atoms with Gasteiger partial charge in [0.15, 0.2) is 0 Å². The van der Waals surface area contributed by atoms with E-state index in [2.05, 4.69) is 0 Å². The molecule has 0 aliphatic carbocycles. The van der Waals surface area contributed by atoms with Crippen molar-refractivity contribution in [2.75, 3.05) is 0 Å². The first kappa shape index (κ1) is 14.8. The predicted molar refractivity (Wildman–Crippen MR) is 60.2 cm³/mol. The monoisotopic (exact) mass is 228 g/mol. The standard InChI is InChI=1S/C12H20O4/c1-9(13)11(10(2)14)7-5-3-4-6-8-12(15)16/h11H,3-8H2,1-2H3,(H,15,16). The lowest BCUT2D eigenvalue weighted by molar-refractivity contribution is -0.137. The number of unbranched alkanes of at least 4 members (excludes halogenated alkanes) is 3. The molecule has 0 aliphatic heterocycles. The Hall–Kier alpha value is -1.19. The van der Waals surface area contributed by atoms with Gasteiger partial charge in [-0.3, -0.25) is 14.4 Å². The van der Waals surface area contributed by atoms with Gasteiger partial charge in [-0.2, -0.15) is 0 Å². The largest absolute Gasteiger partial charge is 0.481 e. The van der Waals surface area contributed by atoms with Crippen LogP contribution >= 0.6 is 0 Å². The number of Topliss-reactive ketones (excluding diaryl/α,β-unsaturated/α-hetero) is 2. The molecule has 0 amide bonds. The van der Waals surface area contributed by atoms with E-state index < -0.39 is 11.9 Å². The van der Waals surface area contributed by atoms with Gasteiger partial charge in [0, 0.05) is 6.42 Å².